The third-order valence-corrected chi connectivity index (χ3v) is 5.68. The van der Waals surface area contributed by atoms with Crippen LogP contribution in [0, 0.1) is 6.92 Å². The van der Waals surface area contributed by atoms with Gasteiger partial charge in [0.2, 0.25) is 5.91 Å². The zero-order valence-corrected chi connectivity index (χ0v) is 18.5. The van der Waals surface area contributed by atoms with Crippen molar-refractivity contribution in [1.82, 2.24) is 20.1 Å². The van der Waals surface area contributed by atoms with Crippen LogP contribution in [0.2, 0.25) is 5.02 Å². The highest BCUT2D eigenvalue weighted by atomic mass is 35.5. The summed E-state index contributed by atoms with van der Waals surface area (Å²) in [6.45, 7) is 6.32. The summed E-state index contributed by atoms with van der Waals surface area (Å²) in [5, 5.41) is 15.0. The summed E-state index contributed by atoms with van der Waals surface area (Å²) in [4.78, 5) is 24.7. The van der Waals surface area contributed by atoms with Gasteiger partial charge in [0.05, 0.1) is 22.9 Å². The third kappa shape index (κ3) is 5.96. The Morgan fingerprint density at radius 1 is 1.16 bits per heavy atom. The molecule has 3 rings (SSSR count). The first-order chi connectivity index (χ1) is 15.0. The lowest BCUT2D eigenvalue weighted by molar-refractivity contribution is -0.113. The fourth-order valence-corrected chi connectivity index (χ4v) is 3.79. The topological polar surface area (TPSA) is 88.9 Å². The van der Waals surface area contributed by atoms with Crippen LogP contribution in [-0.4, -0.2) is 32.3 Å². The Kier molecular flexibility index (Phi) is 7.86. The Bertz CT molecular complexity index is 1100. The minimum Gasteiger partial charge on any atom is -0.345 e. The second-order valence-electron chi connectivity index (χ2n) is 6.61. The number of thioether (sulfide) groups is 1. The molecular weight excluding hydrogens is 434 g/mol. The van der Waals surface area contributed by atoms with Gasteiger partial charge in [-0.2, -0.15) is 0 Å². The van der Waals surface area contributed by atoms with Crippen LogP contribution in [0.4, 0.5) is 5.69 Å². The molecule has 7 nitrogen and oxygen atoms in total. The second kappa shape index (κ2) is 10.8. The van der Waals surface area contributed by atoms with Gasteiger partial charge in [-0.05, 0) is 30.7 Å². The summed E-state index contributed by atoms with van der Waals surface area (Å²) in [7, 11) is 0. The number of carbonyl (C=O) groups is 2. The Morgan fingerprint density at radius 2 is 1.90 bits per heavy atom. The van der Waals surface area contributed by atoms with Gasteiger partial charge in [-0.25, -0.2) is 0 Å². The van der Waals surface area contributed by atoms with Gasteiger partial charge < -0.3 is 15.2 Å². The SMILES string of the molecule is C=CCn1c(CNC(=O)c2ccccc2Cl)nnc1SCC(=O)Nc1ccccc1C. The first-order valence-corrected chi connectivity index (χ1v) is 10.9. The molecule has 2 amide bonds. The number of amides is 2. The van der Waals surface area contributed by atoms with E-state index in [1.54, 1.807) is 30.3 Å². The van der Waals surface area contributed by atoms with Crippen LogP contribution in [0.5, 0.6) is 0 Å². The van der Waals surface area contributed by atoms with E-state index in [4.69, 9.17) is 11.6 Å². The van der Waals surface area contributed by atoms with E-state index in [-0.39, 0.29) is 24.1 Å². The van der Waals surface area contributed by atoms with Crippen LogP contribution < -0.4 is 10.6 Å². The van der Waals surface area contributed by atoms with E-state index in [1.165, 1.54) is 11.8 Å². The van der Waals surface area contributed by atoms with Crippen LogP contribution >= 0.6 is 23.4 Å². The Labute approximate surface area is 189 Å². The van der Waals surface area contributed by atoms with Gasteiger partial charge in [0.15, 0.2) is 11.0 Å². The molecule has 0 bridgehead atoms. The van der Waals surface area contributed by atoms with Crippen LogP contribution in [0.3, 0.4) is 0 Å². The van der Waals surface area contributed by atoms with E-state index >= 15 is 0 Å². The lowest BCUT2D eigenvalue weighted by atomic mass is 10.2. The molecule has 0 unspecified atom stereocenters. The average Bonchev–Trinajstić information content (AvgIpc) is 3.14. The molecule has 1 heterocycles. The van der Waals surface area contributed by atoms with Crippen LogP contribution in [0.1, 0.15) is 21.7 Å². The number of nitrogens with zero attached hydrogens (tertiary/aromatic N) is 3. The molecular formula is C22H22ClN5O2S. The molecule has 31 heavy (non-hydrogen) atoms. The van der Waals surface area contributed by atoms with E-state index in [0.717, 1.165) is 11.3 Å². The van der Waals surface area contributed by atoms with Gasteiger partial charge in [0, 0.05) is 12.2 Å². The van der Waals surface area contributed by atoms with Gasteiger partial charge in [-0.15, -0.1) is 16.8 Å². The maximum atomic E-state index is 12.4. The zero-order chi connectivity index (χ0) is 22.2. The first-order valence-electron chi connectivity index (χ1n) is 9.53. The number of hydrogen-bond acceptors (Lipinski definition) is 5. The lowest BCUT2D eigenvalue weighted by Gasteiger charge is -2.10. The van der Waals surface area contributed by atoms with Gasteiger partial charge in [-0.3, -0.25) is 9.59 Å². The molecule has 0 aliphatic carbocycles. The predicted octanol–water partition coefficient (Wildman–Crippen LogP) is 4.09. The lowest BCUT2D eigenvalue weighted by Crippen LogP contribution is -2.25. The molecule has 3 aromatic rings. The van der Waals surface area contributed by atoms with Crippen molar-refractivity contribution in [3.8, 4) is 0 Å². The highest BCUT2D eigenvalue weighted by molar-refractivity contribution is 7.99. The molecule has 2 N–H and O–H groups in total. The molecule has 0 fully saturated rings. The zero-order valence-electron chi connectivity index (χ0n) is 17.0. The van der Waals surface area contributed by atoms with E-state index in [2.05, 4.69) is 27.4 Å². The summed E-state index contributed by atoms with van der Waals surface area (Å²) in [5.74, 6) is 0.295. The van der Waals surface area contributed by atoms with Gasteiger partial charge in [-0.1, -0.05) is 59.8 Å². The standard InChI is InChI=1S/C22H22ClN5O2S/c1-3-12-28-19(13-24-21(30)16-9-5-6-10-17(16)23)26-27-22(28)31-14-20(29)25-18-11-7-4-8-15(18)2/h3-11H,1,12-14H2,2H3,(H,24,30)(H,25,29). The maximum absolute atomic E-state index is 12.4. The monoisotopic (exact) mass is 455 g/mol. The molecule has 9 heteroatoms. The Hall–Kier alpha value is -3.10. The minimum atomic E-state index is -0.300. The van der Waals surface area contributed by atoms with Gasteiger partial charge in [0.25, 0.3) is 5.91 Å². The quantitative estimate of drug-likeness (QED) is 0.375. The van der Waals surface area contributed by atoms with Gasteiger partial charge >= 0.3 is 0 Å². The molecule has 1 aromatic heterocycles. The smallest absolute Gasteiger partial charge is 0.253 e. The summed E-state index contributed by atoms with van der Waals surface area (Å²) in [6.07, 6.45) is 1.71. The molecule has 0 atom stereocenters. The predicted molar refractivity (Wildman–Crippen MR) is 123 cm³/mol. The van der Waals surface area contributed by atoms with E-state index in [1.807, 2.05) is 35.8 Å². The number of aryl methyl sites for hydroxylation is 1. The number of anilines is 1. The van der Waals surface area contributed by atoms with Crippen LogP contribution in [-0.2, 0) is 17.9 Å². The second-order valence-corrected chi connectivity index (χ2v) is 7.96. The molecule has 160 valence electrons. The molecule has 0 saturated heterocycles. The number of para-hydroxylation sites is 1. The first kappa shape index (κ1) is 22.6. The normalized spacial score (nSPS) is 10.5. The van der Waals surface area contributed by atoms with Crippen molar-refractivity contribution >= 4 is 40.9 Å². The number of hydrogen-bond donors (Lipinski definition) is 2. The van der Waals surface area contributed by atoms with Crippen molar-refractivity contribution in [2.24, 2.45) is 0 Å². The summed E-state index contributed by atoms with van der Waals surface area (Å²) < 4.78 is 1.81. The number of rotatable bonds is 9. The van der Waals surface area contributed by atoms with Crippen molar-refractivity contribution in [3.05, 3.63) is 83.2 Å². The van der Waals surface area contributed by atoms with E-state index < -0.39 is 0 Å². The van der Waals surface area contributed by atoms with Crippen molar-refractivity contribution in [3.63, 3.8) is 0 Å². The van der Waals surface area contributed by atoms with E-state index in [0.29, 0.717) is 28.1 Å². The fraction of sp³-hybridized carbons (Fsp3) is 0.182. The molecule has 0 aliphatic rings. The average molecular weight is 456 g/mol. The van der Waals surface area contributed by atoms with Crippen molar-refractivity contribution in [1.29, 1.82) is 0 Å². The molecule has 0 radical (unpaired) electrons. The highest BCUT2D eigenvalue weighted by Crippen LogP contribution is 2.19. The highest BCUT2D eigenvalue weighted by Gasteiger charge is 2.16. The number of halogens is 1. The Morgan fingerprint density at radius 3 is 2.65 bits per heavy atom. The minimum absolute atomic E-state index is 0.138. The van der Waals surface area contributed by atoms with E-state index in [9.17, 15) is 9.59 Å². The van der Waals surface area contributed by atoms with Crippen molar-refractivity contribution < 1.29 is 9.59 Å². The number of aromatic nitrogens is 3. The fourth-order valence-electron chi connectivity index (χ4n) is 2.80. The van der Waals surface area contributed by atoms with Crippen molar-refractivity contribution in [2.75, 3.05) is 11.1 Å². The molecule has 0 saturated carbocycles. The molecule has 0 spiro atoms. The number of benzene rings is 2. The van der Waals surface area contributed by atoms with Crippen LogP contribution in [0.15, 0.2) is 66.3 Å². The number of nitrogens with one attached hydrogen (secondary N) is 2. The molecule has 2 aromatic carbocycles. The Balaban J connectivity index is 1.62. The molecule has 0 aliphatic heterocycles. The van der Waals surface area contributed by atoms with Crippen LogP contribution in [0.25, 0.3) is 0 Å². The number of allylic oxidation sites excluding steroid dienone is 1. The summed E-state index contributed by atoms with van der Waals surface area (Å²) in [6, 6.07) is 14.4. The summed E-state index contributed by atoms with van der Waals surface area (Å²) >= 11 is 7.35. The maximum Gasteiger partial charge on any atom is 0.253 e. The third-order valence-electron chi connectivity index (χ3n) is 4.38. The summed E-state index contributed by atoms with van der Waals surface area (Å²) in [5.41, 5.74) is 2.16. The van der Waals surface area contributed by atoms with Gasteiger partial charge in [0.1, 0.15) is 0 Å². The largest absolute Gasteiger partial charge is 0.345 e. The van der Waals surface area contributed by atoms with Crippen molar-refractivity contribution in [2.45, 2.75) is 25.2 Å². The number of carbonyl (C=O) groups excluding carboxylic acids is 2.